The zero-order valence-electron chi connectivity index (χ0n) is 41.2. The maximum absolute atomic E-state index is 4.70. The second-order valence-corrected chi connectivity index (χ2v) is 18.8. The fraction of sp³-hybridized carbons (Fsp3) is 0. The first kappa shape index (κ1) is 48.4. The maximum atomic E-state index is 4.70. The molecule has 0 fully saturated rings. The van der Waals surface area contributed by atoms with E-state index in [1.807, 2.05) is 82.8 Å². The van der Waals surface area contributed by atoms with Crippen LogP contribution in [-0.4, -0.2) is 47.8 Å². The zero-order chi connectivity index (χ0) is 51.4. The van der Waals surface area contributed by atoms with Gasteiger partial charge in [-0.1, -0.05) is 114 Å². The Morgan fingerprint density at radius 3 is 1.33 bits per heavy atom. The van der Waals surface area contributed by atoms with Gasteiger partial charge in [-0.3, -0.25) is 9.25 Å². The van der Waals surface area contributed by atoms with Gasteiger partial charge in [0, 0.05) is 75.4 Å². The number of benzene rings is 8. The quantitative estimate of drug-likeness (QED) is 0.0770. The molecule has 0 bridgehead atoms. The van der Waals surface area contributed by atoms with E-state index < -0.39 is 0 Å². The van der Waals surface area contributed by atoms with Gasteiger partial charge in [-0.25, -0.2) is 14.6 Å². The average Bonchev–Trinajstić information content (AvgIpc) is 4.46. The predicted octanol–water partition coefficient (Wildman–Crippen LogP) is 14.1. The number of para-hydroxylation sites is 4. The molecule has 16 rings (SSSR count). The molecule has 0 saturated heterocycles. The van der Waals surface area contributed by atoms with Gasteiger partial charge in [0.2, 0.25) is 0 Å². The fourth-order valence-electron chi connectivity index (χ4n) is 11.0. The van der Waals surface area contributed by atoms with Gasteiger partial charge in [0.25, 0.3) is 0 Å². The molecule has 0 atom stereocenters. The fourth-order valence-corrected chi connectivity index (χ4v) is 11.0. The standard InChI is InChI=1S/C32H21N5.C32H19N5.H2N2.2Pd/c2*1-3-10-28-24(8-1)26-15-13-22(35-19-7-18-34-35)20-30(26)36(28)23-14-16-27-25-9-2-4-11-29(25)37(31(27)21-23)32-12-5-6-17-33-32;1-2;;/h1-21H;1-19H;1H2;;/q;-2;;;+2. The molecule has 378 valence electrons. The molecule has 0 spiro atoms. The summed E-state index contributed by atoms with van der Waals surface area (Å²) in [6.07, 6.45) is 11.2. The largest absolute Gasteiger partial charge is 2.00 e. The number of rotatable bonds is 6. The molecular weight excluding hydrogens is 1150 g/mol. The van der Waals surface area contributed by atoms with Crippen molar-refractivity contribution in [2.24, 2.45) is 9.52 Å². The number of nitrogens with zero attached hydrogens (tertiary/aromatic N) is 11. The summed E-state index contributed by atoms with van der Waals surface area (Å²) in [6.45, 7) is 0. The second kappa shape index (κ2) is 20.4. The minimum absolute atomic E-state index is 0. The summed E-state index contributed by atoms with van der Waals surface area (Å²) in [5.74, 6) is 6.19. The Hall–Kier alpha value is -9.24. The first-order valence-corrected chi connectivity index (χ1v) is 25.6. The summed E-state index contributed by atoms with van der Waals surface area (Å²) >= 11 is 2.34. The summed E-state index contributed by atoms with van der Waals surface area (Å²) in [5.41, 5.74) is 12.8. The average molecular weight is 1190 g/mol. The van der Waals surface area contributed by atoms with Gasteiger partial charge >= 0.3 is 49.0 Å². The number of aromatic nitrogens is 10. The molecule has 0 radical (unpaired) electrons. The van der Waals surface area contributed by atoms with Crippen LogP contribution in [0.5, 0.6) is 0 Å². The summed E-state index contributed by atoms with van der Waals surface area (Å²) in [5, 5.41) is 18.4. The summed E-state index contributed by atoms with van der Waals surface area (Å²) in [6, 6.07) is 79.3. The van der Waals surface area contributed by atoms with Crippen LogP contribution in [0.2, 0.25) is 0 Å². The smallest absolute Gasteiger partial charge is 0.358 e. The van der Waals surface area contributed by atoms with Gasteiger partial charge < -0.3 is 13.7 Å². The predicted molar refractivity (Wildman–Crippen MR) is 304 cm³/mol. The monoisotopic (exact) mass is 1190 g/mol. The van der Waals surface area contributed by atoms with E-state index >= 15 is 0 Å². The van der Waals surface area contributed by atoms with Gasteiger partial charge in [-0.2, -0.15) is 22.3 Å². The zero-order valence-corrected chi connectivity index (χ0v) is 44.3. The van der Waals surface area contributed by atoms with Crippen LogP contribution in [0.1, 0.15) is 0 Å². The number of pyridine rings is 2. The van der Waals surface area contributed by atoms with Crippen LogP contribution in [0.15, 0.2) is 247 Å². The van der Waals surface area contributed by atoms with Crippen LogP contribution in [0.4, 0.5) is 0 Å². The molecule has 0 aliphatic rings. The van der Waals surface area contributed by atoms with Crippen molar-refractivity contribution in [3.8, 4) is 34.4 Å². The van der Waals surface area contributed by atoms with Gasteiger partial charge in [-0.15, -0.1) is 35.0 Å². The van der Waals surface area contributed by atoms with Crippen molar-refractivity contribution < 1.29 is 39.4 Å². The third-order valence-corrected chi connectivity index (χ3v) is 14.2. The first-order chi connectivity index (χ1) is 38.1. The number of fused-ring (bicyclic) bond motifs is 12. The Kier molecular flexibility index (Phi) is 12.6. The van der Waals surface area contributed by atoms with Crippen LogP contribution in [0, 0.1) is 12.1 Å². The first-order valence-electron chi connectivity index (χ1n) is 24.9. The molecule has 8 aromatic carbocycles. The van der Waals surface area contributed by atoms with Crippen molar-refractivity contribution in [3.63, 3.8) is 0 Å². The van der Waals surface area contributed by atoms with Crippen LogP contribution >= 0.6 is 0 Å². The van der Waals surface area contributed by atoms with E-state index in [4.69, 9.17) is 4.98 Å². The summed E-state index contributed by atoms with van der Waals surface area (Å²) in [4.78, 5) is 9.37. The van der Waals surface area contributed by atoms with E-state index in [2.05, 4.69) is 238 Å². The molecule has 0 amide bonds. The van der Waals surface area contributed by atoms with Crippen LogP contribution in [-0.2, 0) is 39.4 Å². The molecule has 0 aliphatic heterocycles. The topological polar surface area (TPSA) is 120 Å². The molecule has 0 aliphatic carbocycles. The molecule has 12 nitrogen and oxygen atoms in total. The van der Waals surface area contributed by atoms with Crippen molar-refractivity contribution in [2.45, 2.75) is 0 Å². The molecule has 8 aromatic heterocycles. The Bertz CT molecular complexity index is 4540. The summed E-state index contributed by atoms with van der Waals surface area (Å²) < 4.78 is 15.7. The van der Waals surface area contributed by atoms with E-state index in [0.717, 1.165) is 83.8 Å². The molecular formula is C64H42N12Pd2. The van der Waals surface area contributed by atoms with Gasteiger partial charge in [-0.05, 0) is 101 Å². The van der Waals surface area contributed by atoms with Crippen molar-refractivity contribution in [3.05, 3.63) is 256 Å². The Morgan fingerprint density at radius 1 is 0.359 bits per heavy atom. The van der Waals surface area contributed by atoms with Crippen LogP contribution < -0.4 is 5.84 Å². The van der Waals surface area contributed by atoms with Crippen molar-refractivity contribution >= 4 is 87.2 Å². The second-order valence-electron chi connectivity index (χ2n) is 18.4. The molecule has 16 aromatic rings. The normalized spacial score (nSPS) is 11.4. The molecule has 2 N–H and O–H groups in total. The van der Waals surface area contributed by atoms with Gasteiger partial charge in [0.15, 0.2) is 0 Å². The van der Waals surface area contributed by atoms with E-state index in [1.54, 1.807) is 6.20 Å². The number of nitrogens with two attached hydrogens (primary N) is 1. The molecule has 0 unspecified atom stereocenters. The third kappa shape index (κ3) is 8.10. The van der Waals surface area contributed by atoms with E-state index in [9.17, 15) is 0 Å². The van der Waals surface area contributed by atoms with Crippen molar-refractivity contribution in [1.82, 2.24) is 47.8 Å². The van der Waals surface area contributed by atoms with Crippen LogP contribution in [0.25, 0.3) is 122 Å². The molecule has 0 saturated carbocycles. The van der Waals surface area contributed by atoms with Crippen molar-refractivity contribution in [1.29, 1.82) is 0 Å². The maximum Gasteiger partial charge on any atom is 2.00 e. The third-order valence-electron chi connectivity index (χ3n) is 14.2. The minimum atomic E-state index is 0. The van der Waals surface area contributed by atoms with Crippen molar-refractivity contribution in [2.75, 3.05) is 0 Å². The molecule has 14 heteroatoms. The molecule has 8 heterocycles. The number of hydrogen-bond acceptors (Lipinski definition) is 6. The summed E-state index contributed by atoms with van der Waals surface area (Å²) in [7, 11) is 0. The van der Waals surface area contributed by atoms with E-state index in [1.165, 1.54) is 37.8 Å². The Labute approximate surface area is 470 Å². The molecule has 78 heavy (non-hydrogen) atoms. The van der Waals surface area contributed by atoms with E-state index in [0.29, 0.717) is 0 Å². The van der Waals surface area contributed by atoms with Gasteiger partial charge in [0.1, 0.15) is 11.6 Å². The minimum Gasteiger partial charge on any atom is -0.358 e. The Morgan fingerprint density at radius 2 is 0.769 bits per heavy atom. The van der Waals surface area contributed by atoms with Crippen LogP contribution in [0.3, 0.4) is 0 Å². The SMILES string of the molecule is N[N]=[Pd].[Pd+2].[c-]1c(-n2cccn2)ccc2c3ccccc3n(-c3[c-]c4c(cc3)c3ccccc3n4-c3ccccn3)c12.c1ccc(-n2c3ccccc3c3ccc(-n4c5ccccc5c5ccc(-n6cccn6)cc54)cc32)nc1. The van der Waals surface area contributed by atoms with Gasteiger partial charge in [0.05, 0.1) is 27.8 Å². The van der Waals surface area contributed by atoms with E-state index in [-0.39, 0.29) is 20.4 Å². The Balaban J connectivity index is 0.000000140. The number of hydrogen-bond donors (Lipinski definition) is 1.